The standard InChI is InChI=1S/C18H30N2O/c1-4-6-14-7-9-15(10-8-14)18(20-5-2)16-11-17(21-3)13-19-12-16/h11-15,18,20H,4-10H2,1-3H3. The largest absolute Gasteiger partial charge is 0.495 e. The lowest BCUT2D eigenvalue weighted by Crippen LogP contribution is -2.31. The van der Waals surface area contributed by atoms with Crippen LogP contribution in [0.5, 0.6) is 5.75 Å². The van der Waals surface area contributed by atoms with Crippen LogP contribution in [0.4, 0.5) is 0 Å². The third-order valence-electron chi connectivity index (χ3n) is 4.81. The molecular formula is C18H30N2O. The van der Waals surface area contributed by atoms with E-state index in [1.165, 1.54) is 44.1 Å². The highest BCUT2D eigenvalue weighted by Gasteiger charge is 2.28. The Labute approximate surface area is 129 Å². The fourth-order valence-corrected chi connectivity index (χ4v) is 3.71. The van der Waals surface area contributed by atoms with Crippen molar-refractivity contribution < 1.29 is 4.74 Å². The molecule has 1 atom stereocenters. The first-order chi connectivity index (χ1) is 10.3. The Balaban J connectivity index is 2.05. The van der Waals surface area contributed by atoms with Crippen LogP contribution in [0.1, 0.15) is 64.0 Å². The summed E-state index contributed by atoms with van der Waals surface area (Å²) in [6.45, 7) is 5.48. The average Bonchev–Trinajstić information content (AvgIpc) is 2.54. The van der Waals surface area contributed by atoms with Crippen LogP contribution < -0.4 is 10.1 Å². The second kappa shape index (κ2) is 8.38. The van der Waals surface area contributed by atoms with Crippen LogP contribution in [0.2, 0.25) is 0 Å². The van der Waals surface area contributed by atoms with E-state index in [0.717, 1.165) is 24.1 Å². The summed E-state index contributed by atoms with van der Waals surface area (Å²) in [5.74, 6) is 2.54. The molecule has 1 heterocycles. The summed E-state index contributed by atoms with van der Waals surface area (Å²) in [6, 6.07) is 2.55. The number of pyridine rings is 1. The molecule has 1 aliphatic rings. The molecule has 1 unspecified atom stereocenters. The average molecular weight is 290 g/mol. The molecule has 2 rings (SSSR count). The fourth-order valence-electron chi connectivity index (χ4n) is 3.71. The highest BCUT2D eigenvalue weighted by atomic mass is 16.5. The number of hydrogen-bond acceptors (Lipinski definition) is 3. The first-order valence-electron chi connectivity index (χ1n) is 8.50. The number of methoxy groups -OCH3 is 1. The van der Waals surface area contributed by atoms with Gasteiger partial charge in [0.05, 0.1) is 13.3 Å². The van der Waals surface area contributed by atoms with Gasteiger partial charge in [0.2, 0.25) is 0 Å². The van der Waals surface area contributed by atoms with Crippen LogP contribution in [0.3, 0.4) is 0 Å². The smallest absolute Gasteiger partial charge is 0.137 e. The summed E-state index contributed by atoms with van der Waals surface area (Å²) in [7, 11) is 1.71. The van der Waals surface area contributed by atoms with Crippen molar-refractivity contribution >= 4 is 0 Å². The van der Waals surface area contributed by atoms with Gasteiger partial charge in [-0.15, -0.1) is 0 Å². The maximum absolute atomic E-state index is 5.33. The van der Waals surface area contributed by atoms with Crippen LogP contribution in [-0.2, 0) is 0 Å². The summed E-state index contributed by atoms with van der Waals surface area (Å²) in [5, 5.41) is 3.67. The zero-order valence-electron chi connectivity index (χ0n) is 13.8. The van der Waals surface area contributed by atoms with Crippen molar-refractivity contribution in [2.45, 2.75) is 58.4 Å². The van der Waals surface area contributed by atoms with Crippen LogP contribution in [0, 0.1) is 11.8 Å². The molecule has 0 spiro atoms. The third kappa shape index (κ3) is 4.44. The number of ether oxygens (including phenoxy) is 1. The molecule has 21 heavy (non-hydrogen) atoms. The number of hydrogen-bond donors (Lipinski definition) is 1. The van der Waals surface area contributed by atoms with Crippen molar-refractivity contribution in [1.29, 1.82) is 0 Å². The van der Waals surface area contributed by atoms with Gasteiger partial charge in [-0.2, -0.15) is 0 Å². The SMILES string of the molecule is CCCC1CCC(C(NCC)c2cncc(OC)c2)CC1. The predicted octanol–water partition coefficient (Wildman–Crippen LogP) is 4.35. The van der Waals surface area contributed by atoms with Crippen LogP contribution in [-0.4, -0.2) is 18.6 Å². The lowest BCUT2D eigenvalue weighted by Gasteiger charge is -2.34. The minimum atomic E-state index is 0.417. The molecule has 0 radical (unpaired) electrons. The maximum Gasteiger partial charge on any atom is 0.137 e. The number of rotatable bonds is 7. The van der Waals surface area contributed by atoms with Crippen LogP contribution in [0.15, 0.2) is 18.5 Å². The highest BCUT2D eigenvalue weighted by molar-refractivity contribution is 5.26. The van der Waals surface area contributed by atoms with Crippen molar-refractivity contribution in [3.8, 4) is 5.75 Å². The second-order valence-electron chi connectivity index (χ2n) is 6.26. The minimum absolute atomic E-state index is 0.417. The van der Waals surface area contributed by atoms with E-state index in [2.05, 4.69) is 30.2 Å². The van der Waals surface area contributed by atoms with E-state index in [0.29, 0.717) is 6.04 Å². The summed E-state index contributed by atoms with van der Waals surface area (Å²) >= 11 is 0. The van der Waals surface area contributed by atoms with Gasteiger partial charge in [-0.3, -0.25) is 4.98 Å². The Morgan fingerprint density at radius 3 is 2.62 bits per heavy atom. The molecule has 1 N–H and O–H groups in total. The fraction of sp³-hybridized carbons (Fsp3) is 0.722. The zero-order chi connectivity index (χ0) is 15.1. The molecule has 0 aromatic carbocycles. The molecule has 1 aliphatic carbocycles. The molecule has 0 aliphatic heterocycles. The molecule has 1 saturated carbocycles. The molecule has 0 saturated heterocycles. The van der Waals surface area contributed by atoms with Gasteiger partial charge in [-0.25, -0.2) is 0 Å². The van der Waals surface area contributed by atoms with Gasteiger partial charge in [0.25, 0.3) is 0 Å². The van der Waals surface area contributed by atoms with E-state index in [4.69, 9.17) is 4.74 Å². The minimum Gasteiger partial charge on any atom is -0.495 e. The van der Waals surface area contributed by atoms with Crippen LogP contribution in [0.25, 0.3) is 0 Å². The molecule has 1 fully saturated rings. The molecule has 1 aromatic rings. The van der Waals surface area contributed by atoms with Gasteiger partial charge < -0.3 is 10.1 Å². The topological polar surface area (TPSA) is 34.2 Å². The lowest BCUT2D eigenvalue weighted by atomic mass is 9.75. The van der Waals surface area contributed by atoms with E-state index >= 15 is 0 Å². The number of aromatic nitrogens is 1. The summed E-state index contributed by atoms with van der Waals surface area (Å²) < 4.78 is 5.33. The van der Waals surface area contributed by atoms with Gasteiger partial charge in [-0.1, -0.05) is 39.5 Å². The van der Waals surface area contributed by atoms with Crippen LogP contribution >= 0.6 is 0 Å². The number of nitrogens with zero attached hydrogens (tertiary/aromatic N) is 1. The zero-order valence-corrected chi connectivity index (χ0v) is 13.8. The first-order valence-corrected chi connectivity index (χ1v) is 8.50. The van der Waals surface area contributed by atoms with E-state index in [1.807, 2.05) is 6.20 Å². The summed E-state index contributed by atoms with van der Waals surface area (Å²) in [6.07, 6.45) is 11.9. The van der Waals surface area contributed by atoms with Gasteiger partial charge in [0.15, 0.2) is 0 Å². The lowest BCUT2D eigenvalue weighted by molar-refractivity contribution is 0.215. The van der Waals surface area contributed by atoms with Gasteiger partial charge in [0.1, 0.15) is 5.75 Å². The van der Waals surface area contributed by atoms with E-state index in [-0.39, 0.29) is 0 Å². The van der Waals surface area contributed by atoms with Crippen molar-refractivity contribution in [1.82, 2.24) is 10.3 Å². The van der Waals surface area contributed by atoms with Crippen molar-refractivity contribution in [2.24, 2.45) is 11.8 Å². The van der Waals surface area contributed by atoms with E-state index < -0.39 is 0 Å². The Morgan fingerprint density at radius 1 is 1.24 bits per heavy atom. The Morgan fingerprint density at radius 2 is 2.00 bits per heavy atom. The Bertz CT molecular complexity index is 413. The van der Waals surface area contributed by atoms with E-state index in [9.17, 15) is 0 Å². The van der Waals surface area contributed by atoms with Crippen molar-refractivity contribution in [2.75, 3.05) is 13.7 Å². The van der Waals surface area contributed by atoms with Crippen molar-refractivity contribution in [3.63, 3.8) is 0 Å². The van der Waals surface area contributed by atoms with Gasteiger partial charge >= 0.3 is 0 Å². The Hall–Kier alpha value is -1.09. The Kier molecular flexibility index (Phi) is 6.50. The molecule has 3 nitrogen and oxygen atoms in total. The van der Waals surface area contributed by atoms with Crippen molar-refractivity contribution in [3.05, 3.63) is 24.0 Å². The summed E-state index contributed by atoms with van der Waals surface area (Å²) in [5.41, 5.74) is 1.27. The molecule has 1 aromatic heterocycles. The second-order valence-corrected chi connectivity index (χ2v) is 6.26. The maximum atomic E-state index is 5.33. The first kappa shape index (κ1) is 16.3. The predicted molar refractivity (Wildman–Crippen MR) is 87.6 cm³/mol. The van der Waals surface area contributed by atoms with E-state index in [1.54, 1.807) is 13.3 Å². The quantitative estimate of drug-likeness (QED) is 0.810. The monoisotopic (exact) mass is 290 g/mol. The normalized spacial score (nSPS) is 23.8. The third-order valence-corrected chi connectivity index (χ3v) is 4.81. The number of nitrogens with one attached hydrogen (secondary N) is 1. The molecule has 0 bridgehead atoms. The van der Waals surface area contributed by atoms with Gasteiger partial charge in [-0.05, 0) is 42.9 Å². The molecule has 0 amide bonds. The molecule has 118 valence electrons. The highest BCUT2D eigenvalue weighted by Crippen LogP contribution is 2.38. The molecular weight excluding hydrogens is 260 g/mol. The van der Waals surface area contributed by atoms with Gasteiger partial charge in [0, 0.05) is 12.2 Å². The molecule has 3 heteroatoms. The summed E-state index contributed by atoms with van der Waals surface area (Å²) in [4.78, 5) is 4.33.